The molecule has 2 aliphatic rings. The van der Waals surface area contributed by atoms with Crippen molar-refractivity contribution in [2.24, 2.45) is 5.92 Å². The van der Waals surface area contributed by atoms with Crippen LogP contribution >= 0.6 is 0 Å². The lowest BCUT2D eigenvalue weighted by atomic mass is 10.1. The monoisotopic (exact) mass is 342 g/mol. The van der Waals surface area contributed by atoms with Gasteiger partial charge in [0.1, 0.15) is 6.10 Å². The van der Waals surface area contributed by atoms with Crippen molar-refractivity contribution in [2.75, 3.05) is 0 Å². The van der Waals surface area contributed by atoms with Crippen LogP contribution in [0.1, 0.15) is 41.2 Å². The summed E-state index contributed by atoms with van der Waals surface area (Å²) in [5, 5.41) is 31.8. The van der Waals surface area contributed by atoms with Gasteiger partial charge in [0.15, 0.2) is 0 Å². The minimum atomic E-state index is -0.982. The maximum absolute atomic E-state index is 12.3. The number of nitrogens with zero attached hydrogens (tertiary/aromatic N) is 3. The van der Waals surface area contributed by atoms with E-state index in [1.165, 1.54) is 0 Å². The average molecular weight is 342 g/mol. The molecule has 3 N–H and O–H groups in total. The van der Waals surface area contributed by atoms with Crippen molar-refractivity contribution in [3.05, 3.63) is 47.8 Å². The molecule has 2 saturated carbocycles. The molecule has 1 heterocycles. The van der Waals surface area contributed by atoms with Crippen molar-refractivity contribution in [1.29, 1.82) is 0 Å². The first-order valence-electron chi connectivity index (χ1n) is 8.74. The van der Waals surface area contributed by atoms with Gasteiger partial charge in [0, 0.05) is 30.1 Å². The molecule has 1 aromatic heterocycles. The highest BCUT2D eigenvalue weighted by Gasteiger charge is 2.42. The average Bonchev–Trinajstić information content (AvgIpc) is 3.33. The predicted octanol–water partition coefficient (Wildman–Crippen LogP) is 0.696. The third-order valence-corrected chi connectivity index (χ3v) is 5.13. The number of benzene rings is 1. The van der Waals surface area contributed by atoms with Gasteiger partial charge in [-0.1, -0.05) is 23.4 Å². The number of aliphatic hydroxyl groups excluding tert-OH is 2. The van der Waals surface area contributed by atoms with E-state index in [0.29, 0.717) is 24.4 Å². The Kier molecular flexibility index (Phi) is 4.27. The van der Waals surface area contributed by atoms with Crippen LogP contribution in [-0.2, 0) is 6.54 Å². The van der Waals surface area contributed by atoms with Gasteiger partial charge in [-0.15, -0.1) is 5.10 Å². The molecule has 1 aromatic carbocycles. The Morgan fingerprint density at radius 3 is 2.68 bits per heavy atom. The normalized spacial score (nSPS) is 28.9. The van der Waals surface area contributed by atoms with Crippen LogP contribution < -0.4 is 5.32 Å². The largest absolute Gasteiger partial charge is 0.390 e. The highest BCUT2D eigenvalue weighted by Crippen LogP contribution is 2.38. The zero-order chi connectivity index (χ0) is 17.4. The summed E-state index contributed by atoms with van der Waals surface area (Å²) in [4.78, 5) is 12.3. The number of hydrogen-bond donors (Lipinski definition) is 3. The standard InChI is InChI=1S/C18H22N4O3/c23-16-13(9-22-10-15(20-21-22)11-6-7-11)8-14(17(16)24)19-18(25)12-4-2-1-3-5-12/h1-5,10-11,13-14,16-17,23-24H,6-9H2,(H,19,25)/t13-,14-,16-,17+/m1/s1. The van der Waals surface area contributed by atoms with Crippen molar-refractivity contribution in [1.82, 2.24) is 20.3 Å². The SMILES string of the molecule is O=C(N[C@@H]1C[C@H](Cn2cc(C3CC3)nn2)[C@@H](O)[C@H]1O)c1ccccc1. The molecule has 0 bridgehead atoms. The second kappa shape index (κ2) is 6.57. The van der Waals surface area contributed by atoms with Gasteiger partial charge in [-0.2, -0.15) is 0 Å². The topological polar surface area (TPSA) is 100 Å². The Labute approximate surface area is 145 Å². The fourth-order valence-corrected chi connectivity index (χ4v) is 3.50. The van der Waals surface area contributed by atoms with E-state index in [2.05, 4.69) is 15.6 Å². The quantitative estimate of drug-likeness (QED) is 0.742. The van der Waals surface area contributed by atoms with Crippen LogP contribution in [0, 0.1) is 5.92 Å². The van der Waals surface area contributed by atoms with Gasteiger partial charge >= 0.3 is 0 Å². The van der Waals surface area contributed by atoms with E-state index in [-0.39, 0.29) is 11.8 Å². The molecular formula is C18H22N4O3. The van der Waals surface area contributed by atoms with Gasteiger partial charge < -0.3 is 15.5 Å². The lowest BCUT2D eigenvalue weighted by Gasteiger charge is -2.18. The molecule has 2 fully saturated rings. The minimum Gasteiger partial charge on any atom is -0.390 e. The molecule has 0 aliphatic heterocycles. The Morgan fingerprint density at radius 1 is 1.20 bits per heavy atom. The van der Waals surface area contributed by atoms with E-state index in [1.54, 1.807) is 28.9 Å². The van der Waals surface area contributed by atoms with Crippen molar-refractivity contribution in [3.63, 3.8) is 0 Å². The summed E-state index contributed by atoms with van der Waals surface area (Å²) in [5.74, 6) is 0.116. The Morgan fingerprint density at radius 2 is 1.96 bits per heavy atom. The number of hydrogen-bond acceptors (Lipinski definition) is 5. The Hall–Kier alpha value is -2.25. The lowest BCUT2D eigenvalue weighted by molar-refractivity contribution is 0.00762. The smallest absolute Gasteiger partial charge is 0.251 e. The lowest BCUT2D eigenvalue weighted by Crippen LogP contribution is -2.43. The zero-order valence-corrected chi connectivity index (χ0v) is 13.8. The number of aromatic nitrogens is 3. The van der Waals surface area contributed by atoms with Crippen LogP contribution in [0.2, 0.25) is 0 Å². The molecule has 0 unspecified atom stereocenters. The van der Waals surface area contributed by atoms with E-state index >= 15 is 0 Å². The molecule has 0 radical (unpaired) electrons. The molecule has 2 aliphatic carbocycles. The molecule has 25 heavy (non-hydrogen) atoms. The van der Waals surface area contributed by atoms with Crippen LogP contribution in [0.4, 0.5) is 0 Å². The Balaban J connectivity index is 1.39. The third-order valence-electron chi connectivity index (χ3n) is 5.13. The summed E-state index contributed by atoms with van der Waals surface area (Å²) in [7, 11) is 0. The van der Waals surface area contributed by atoms with Gasteiger partial charge in [-0.25, -0.2) is 0 Å². The van der Waals surface area contributed by atoms with Crippen LogP contribution in [0.3, 0.4) is 0 Å². The van der Waals surface area contributed by atoms with Crippen LogP contribution in [0.25, 0.3) is 0 Å². The fraction of sp³-hybridized carbons (Fsp3) is 0.500. The van der Waals surface area contributed by atoms with E-state index < -0.39 is 18.2 Å². The molecule has 7 nitrogen and oxygen atoms in total. The first-order valence-corrected chi connectivity index (χ1v) is 8.74. The molecule has 4 atom stereocenters. The summed E-state index contributed by atoms with van der Waals surface area (Å²) in [6.45, 7) is 0.482. The summed E-state index contributed by atoms with van der Waals surface area (Å²) in [5.41, 5.74) is 1.54. The zero-order valence-electron chi connectivity index (χ0n) is 13.8. The van der Waals surface area contributed by atoms with Crippen molar-refractivity contribution >= 4 is 5.91 Å². The molecule has 4 rings (SSSR count). The highest BCUT2D eigenvalue weighted by molar-refractivity contribution is 5.94. The Bertz CT molecular complexity index is 744. The third kappa shape index (κ3) is 3.43. The molecule has 0 saturated heterocycles. The first-order chi connectivity index (χ1) is 12.1. The number of aliphatic hydroxyl groups is 2. The van der Waals surface area contributed by atoms with Gasteiger partial charge in [0.05, 0.1) is 17.8 Å². The van der Waals surface area contributed by atoms with Gasteiger partial charge in [0.2, 0.25) is 0 Å². The van der Waals surface area contributed by atoms with Gasteiger partial charge in [0.25, 0.3) is 5.91 Å². The number of rotatable bonds is 5. The van der Waals surface area contributed by atoms with Crippen LogP contribution in [0.5, 0.6) is 0 Å². The van der Waals surface area contributed by atoms with Crippen molar-refractivity contribution in [2.45, 2.75) is 50.0 Å². The van der Waals surface area contributed by atoms with E-state index in [4.69, 9.17) is 0 Å². The van der Waals surface area contributed by atoms with E-state index in [0.717, 1.165) is 18.5 Å². The number of carbonyl (C=O) groups is 1. The molecule has 7 heteroatoms. The first kappa shape index (κ1) is 16.2. The van der Waals surface area contributed by atoms with E-state index in [9.17, 15) is 15.0 Å². The van der Waals surface area contributed by atoms with Crippen molar-refractivity contribution < 1.29 is 15.0 Å². The summed E-state index contributed by atoms with van der Waals surface area (Å²) >= 11 is 0. The molecule has 1 amide bonds. The number of carbonyl (C=O) groups excluding carboxylic acids is 1. The highest BCUT2D eigenvalue weighted by atomic mass is 16.3. The second-order valence-corrected chi connectivity index (χ2v) is 7.06. The number of amides is 1. The summed E-state index contributed by atoms with van der Waals surface area (Å²) in [6.07, 6.45) is 2.87. The van der Waals surface area contributed by atoms with Crippen molar-refractivity contribution in [3.8, 4) is 0 Å². The van der Waals surface area contributed by atoms with Crippen LogP contribution in [0.15, 0.2) is 36.5 Å². The molecule has 2 aromatic rings. The van der Waals surface area contributed by atoms with E-state index in [1.807, 2.05) is 12.3 Å². The predicted molar refractivity (Wildman–Crippen MR) is 89.8 cm³/mol. The maximum atomic E-state index is 12.3. The van der Waals surface area contributed by atoms with Gasteiger partial charge in [-0.05, 0) is 31.4 Å². The number of nitrogens with one attached hydrogen (secondary N) is 1. The summed E-state index contributed by atoms with van der Waals surface area (Å²) < 4.78 is 1.73. The minimum absolute atomic E-state index is 0.176. The summed E-state index contributed by atoms with van der Waals surface area (Å²) in [6, 6.07) is 8.40. The maximum Gasteiger partial charge on any atom is 0.251 e. The van der Waals surface area contributed by atoms with Crippen LogP contribution in [-0.4, -0.2) is 49.4 Å². The fourth-order valence-electron chi connectivity index (χ4n) is 3.50. The molecular weight excluding hydrogens is 320 g/mol. The molecule has 132 valence electrons. The van der Waals surface area contributed by atoms with Gasteiger partial charge in [-0.3, -0.25) is 9.48 Å². The second-order valence-electron chi connectivity index (χ2n) is 7.06. The molecule has 0 spiro atoms.